The van der Waals surface area contributed by atoms with Crippen molar-refractivity contribution in [3.8, 4) is 11.5 Å². The highest BCUT2D eigenvalue weighted by atomic mass is 32.2. The first-order valence-corrected chi connectivity index (χ1v) is 20.8. The van der Waals surface area contributed by atoms with Gasteiger partial charge in [0, 0.05) is 7.05 Å². The molecule has 290 valence electrons. The lowest BCUT2D eigenvalue weighted by atomic mass is 10.0. The molecule has 1 unspecified atom stereocenters. The number of unbranched alkanes of at least 4 members (excludes halogenated alkanes) is 12. The number of carbonyl (C=O) groups is 3. The Morgan fingerprint density at radius 3 is 2.09 bits per heavy atom. The fourth-order valence-electron chi connectivity index (χ4n) is 6.82. The lowest BCUT2D eigenvalue weighted by molar-refractivity contribution is -0.137. The number of hydrogen-bond donors (Lipinski definition) is 1. The van der Waals surface area contributed by atoms with Gasteiger partial charge in [-0.1, -0.05) is 120 Å². The van der Waals surface area contributed by atoms with Crippen molar-refractivity contribution in [2.45, 2.75) is 127 Å². The average Bonchev–Trinajstić information content (AvgIpc) is 3.35. The average molecular weight is 759 g/mol. The van der Waals surface area contributed by atoms with Crippen LogP contribution in [-0.4, -0.2) is 60.1 Å². The highest BCUT2D eigenvalue weighted by Crippen LogP contribution is 2.36. The van der Waals surface area contributed by atoms with Crippen molar-refractivity contribution in [2.75, 3.05) is 12.4 Å². The highest BCUT2D eigenvalue weighted by Gasteiger charge is 2.55. The zero-order valence-corrected chi connectivity index (χ0v) is 32.8. The maximum Gasteiger partial charge on any atom is 0.418 e. The third-order valence-corrected chi connectivity index (χ3v) is 11.7. The summed E-state index contributed by atoms with van der Waals surface area (Å²) in [5.41, 5.74) is -0.120. The number of hydrogen-bond acceptors (Lipinski definition) is 8. The van der Waals surface area contributed by atoms with Crippen molar-refractivity contribution in [3.63, 3.8) is 0 Å². The monoisotopic (exact) mass is 758 g/mol. The highest BCUT2D eigenvalue weighted by molar-refractivity contribution is 7.90. The molecular formula is C42H54N4O7S. The molecule has 3 aromatic carbocycles. The van der Waals surface area contributed by atoms with Crippen LogP contribution in [0.25, 0.3) is 0 Å². The molecule has 0 saturated carbocycles. The van der Waals surface area contributed by atoms with Crippen LogP contribution in [0.2, 0.25) is 0 Å². The number of cyclic esters (lactones) is 1. The van der Waals surface area contributed by atoms with Crippen LogP contribution in [0.15, 0.2) is 82.7 Å². The van der Waals surface area contributed by atoms with E-state index in [1.54, 1.807) is 36.4 Å². The van der Waals surface area contributed by atoms with E-state index in [0.29, 0.717) is 16.4 Å². The molecule has 12 heteroatoms. The number of anilines is 1. The number of nitrogens with one attached hydrogen (secondary N) is 1. The second-order valence-corrected chi connectivity index (χ2v) is 16.5. The van der Waals surface area contributed by atoms with Gasteiger partial charge in [0.1, 0.15) is 10.6 Å². The van der Waals surface area contributed by atoms with E-state index in [1.807, 2.05) is 18.2 Å². The zero-order valence-electron chi connectivity index (χ0n) is 32.0. The number of likely N-dealkylation sites (N-methyl/N-ethyl adjacent to an activating group) is 1. The molecule has 0 radical (unpaired) electrons. The van der Waals surface area contributed by atoms with Gasteiger partial charge in [-0.25, -0.2) is 23.1 Å². The molecule has 2 aliphatic rings. The van der Waals surface area contributed by atoms with E-state index < -0.39 is 39.6 Å². The summed E-state index contributed by atoms with van der Waals surface area (Å²) in [5.74, 6) is -1.14. The van der Waals surface area contributed by atoms with Gasteiger partial charge in [0.15, 0.2) is 23.2 Å². The Bertz CT molecular complexity index is 1930. The topological polar surface area (TPSA) is 135 Å². The van der Waals surface area contributed by atoms with Gasteiger partial charge in [0.05, 0.1) is 11.4 Å². The standard InChI is InChI=1S/C42H54N4O7S/c1-5-6-7-8-9-10-11-12-13-14-15-16-17-23-31-24-22-25-32(30-31)52-35-28-20-18-26-33(35)44-39(47)37(46-40(48)42(2,3)53-41(46)49)38-43-34-27-19-21-29-36(34)54(50,51)45(38)4/h18-22,24-30,37H,5-17,23H2,1-4H3,(H,44,47). The van der Waals surface area contributed by atoms with Crippen LogP contribution in [0.3, 0.4) is 0 Å². The van der Waals surface area contributed by atoms with Crippen LogP contribution in [0.1, 0.15) is 110 Å². The number of amidine groups is 1. The Hall–Kier alpha value is -4.71. The molecule has 1 N–H and O–H groups in total. The van der Waals surface area contributed by atoms with E-state index in [2.05, 4.69) is 23.3 Å². The molecule has 0 aromatic heterocycles. The van der Waals surface area contributed by atoms with E-state index in [1.165, 1.54) is 110 Å². The van der Waals surface area contributed by atoms with Crippen molar-refractivity contribution in [2.24, 2.45) is 4.99 Å². The van der Waals surface area contributed by atoms with Gasteiger partial charge >= 0.3 is 6.09 Å². The lowest BCUT2D eigenvalue weighted by Gasteiger charge is -2.33. The minimum absolute atomic E-state index is 0.0684. The first-order valence-electron chi connectivity index (χ1n) is 19.3. The smallest absolute Gasteiger partial charge is 0.418 e. The van der Waals surface area contributed by atoms with Crippen LogP contribution in [-0.2, 0) is 30.8 Å². The summed E-state index contributed by atoms with van der Waals surface area (Å²) in [6.45, 7) is 5.06. The Morgan fingerprint density at radius 1 is 0.833 bits per heavy atom. The number of sulfonamides is 1. The number of imide groups is 1. The first-order chi connectivity index (χ1) is 25.9. The number of carbonyl (C=O) groups excluding carboxylic acids is 3. The van der Waals surface area contributed by atoms with E-state index >= 15 is 0 Å². The summed E-state index contributed by atoms with van der Waals surface area (Å²) in [7, 11) is -2.95. The first kappa shape index (κ1) is 40.5. The predicted molar refractivity (Wildman–Crippen MR) is 211 cm³/mol. The molecule has 3 aromatic rings. The molecule has 11 nitrogen and oxygen atoms in total. The maximum atomic E-state index is 14.3. The number of aliphatic imine (C=N–C) groups is 1. The SMILES string of the molecule is CCCCCCCCCCCCCCCc1cccc(Oc2ccccc2NC(=O)C(C2=Nc3ccccc3S(=O)(=O)N2C)N2C(=O)OC(C)(C)C2=O)c1. The Labute approximate surface area is 320 Å². The van der Waals surface area contributed by atoms with Gasteiger partial charge in [-0.15, -0.1) is 0 Å². The van der Waals surface area contributed by atoms with Gasteiger partial charge in [-0.3, -0.25) is 13.9 Å². The number of aryl methyl sites for hydroxylation is 1. The van der Waals surface area contributed by atoms with E-state index in [-0.39, 0.29) is 22.1 Å². The van der Waals surface area contributed by atoms with Gasteiger partial charge in [0.25, 0.3) is 21.8 Å². The zero-order chi connectivity index (χ0) is 38.7. The predicted octanol–water partition coefficient (Wildman–Crippen LogP) is 9.54. The summed E-state index contributed by atoms with van der Waals surface area (Å²) in [6, 6.07) is 18.9. The number of fused-ring (bicyclic) bond motifs is 1. The van der Waals surface area contributed by atoms with Gasteiger partial charge < -0.3 is 14.8 Å². The number of rotatable bonds is 20. The number of nitrogens with zero attached hydrogens (tertiary/aromatic N) is 3. The minimum atomic E-state index is -4.18. The molecular weight excluding hydrogens is 705 g/mol. The van der Waals surface area contributed by atoms with Crippen molar-refractivity contribution in [1.82, 2.24) is 9.21 Å². The van der Waals surface area contributed by atoms with E-state index in [9.17, 15) is 22.8 Å². The quantitative estimate of drug-likeness (QED) is 0.113. The number of para-hydroxylation sites is 3. The molecule has 1 atom stereocenters. The molecule has 2 aliphatic heterocycles. The summed E-state index contributed by atoms with van der Waals surface area (Å²) in [4.78, 5) is 46.0. The van der Waals surface area contributed by atoms with Gasteiger partial charge in [0.2, 0.25) is 0 Å². The van der Waals surface area contributed by atoms with Crippen LogP contribution in [0.4, 0.5) is 16.2 Å². The van der Waals surface area contributed by atoms with Gasteiger partial charge in [-0.05, 0) is 68.7 Å². The summed E-state index contributed by atoms with van der Waals surface area (Å²) in [5, 5.41) is 2.77. The largest absolute Gasteiger partial charge is 0.455 e. The molecule has 0 aliphatic carbocycles. The van der Waals surface area contributed by atoms with Crippen LogP contribution in [0.5, 0.6) is 11.5 Å². The van der Waals surface area contributed by atoms with Crippen molar-refractivity contribution in [1.29, 1.82) is 0 Å². The number of ether oxygens (including phenoxy) is 2. The van der Waals surface area contributed by atoms with Crippen molar-refractivity contribution in [3.05, 3.63) is 78.4 Å². The molecule has 5 rings (SSSR count). The molecule has 1 saturated heterocycles. The van der Waals surface area contributed by atoms with E-state index in [4.69, 9.17) is 9.47 Å². The fourth-order valence-corrected chi connectivity index (χ4v) is 8.13. The van der Waals surface area contributed by atoms with Crippen molar-refractivity contribution >= 4 is 45.1 Å². The minimum Gasteiger partial charge on any atom is -0.455 e. The molecule has 3 amide bonds. The Morgan fingerprint density at radius 2 is 1.44 bits per heavy atom. The third-order valence-electron chi connectivity index (χ3n) is 9.93. The van der Waals surface area contributed by atoms with Crippen LogP contribution < -0.4 is 10.1 Å². The Kier molecular flexibility index (Phi) is 13.9. The lowest BCUT2D eigenvalue weighted by Crippen LogP contribution is -2.58. The maximum absolute atomic E-state index is 14.3. The molecule has 0 bridgehead atoms. The summed E-state index contributed by atoms with van der Waals surface area (Å²) >= 11 is 0. The van der Waals surface area contributed by atoms with Crippen LogP contribution >= 0.6 is 0 Å². The molecule has 54 heavy (non-hydrogen) atoms. The van der Waals surface area contributed by atoms with Crippen molar-refractivity contribution < 1.29 is 32.3 Å². The summed E-state index contributed by atoms with van der Waals surface area (Å²) in [6.07, 6.45) is 16.8. The van der Waals surface area contributed by atoms with Crippen LogP contribution in [0, 0.1) is 0 Å². The fraction of sp³-hybridized carbons (Fsp3) is 0.476. The second-order valence-electron chi connectivity index (χ2n) is 14.6. The Balaban J connectivity index is 1.24. The summed E-state index contributed by atoms with van der Waals surface area (Å²) < 4.78 is 39.5. The molecule has 0 spiro atoms. The van der Waals surface area contributed by atoms with E-state index in [0.717, 1.165) is 22.7 Å². The van der Waals surface area contributed by atoms with Gasteiger partial charge in [-0.2, -0.15) is 0 Å². The number of amides is 3. The normalized spacial score (nSPS) is 16.4. The third kappa shape index (κ3) is 9.88. The second kappa shape index (κ2) is 18.6. The molecule has 2 heterocycles. The molecule has 1 fully saturated rings. The number of benzene rings is 3.